The largest absolute Gasteiger partial charge is 0.379 e. The lowest BCUT2D eigenvalue weighted by Gasteiger charge is -2.35. The van der Waals surface area contributed by atoms with E-state index in [9.17, 15) is 23.3 Å². The number of carbonyl (C=O) groups is 1. The number of anilines is 1. The zero-order valence-corrected chi connectivity index (χ0v) is 20.1. The Bertz CT molecular complexity index is 1100. The summed E-state index contributed by atoms with van der Waals surface area (Å²) in [5.41, 5.74) is 0.334. The molecule has 0 bridgehead atoms. The molecule has 1 fully saturated rings. The molecule has 1 heterocycles. The maximum atomic E-state index is 12.7. The van der Waals surface area contributed by atoms with Crippen LogP contribution in [0.15, 0.2) is 53.4 Å². The van der Waals surface area contributed by atoms with Gasteiger partial charge in [-0.15, -0.1) is 0 Å². The van der Waals surface area contributed by atoms with E-state index in [0.29, 0.717) is 31.2 Å². The topological polar surface area (TPSA) is 131 Å². The predicted molar refractivity (Wildman–Crippen MR) is 128 cm³/mol. The van der Waals surface area contributed by atoms with E-state index in [2.05, 4.69) is 28.8 Å². The first kappa shape index (κ1) is 25.6. The molecule has 34 heavy (non-hydrogen) atoms. The number of ether oxygens (including phenoxy) is 1. The van der Waals surface area contributed by atoms with Crippen molar-refractivity contribution >= 4 is 27.3 Å². The number of nitro groups is 1. The summed E-state index contributed by atoms with van der Waals surface area (Å²) in [6, 6.07) is 11.1. The highest BCUT2D eigenvalue weighted by Gasteiger charge is 2.23. The van der Waals surface area contributed by atoms with Crippen molar-refractivity contribution < 1.29 is 22.9 Å². The summed E-state index contributed by atoms with van der Waals surface area (Å²) in [4.78, 5) is 25.1. The molecule has 184 valence electrons. The van der Waals surface area contributed by atoms with Gasteiger partial charge >= 0.3 is 0 Å². The van der Waals surface area contributed by atoms with Crippen LogP contribution in [-0.4, -0.2) is 63.0 Å². The highest BCUT2D eigenvalue weighted by atomic mass is 32.2. The third-order valence-electron chi connectivity index (χ3n) is 5.54. The third-order valence-corrected chi connectivity index (χ3v) is 6.92. The average molecular weight is 491 g/mol. The molecule has 0 spiro atoms. The van der Waals surface area contributed by atoms with E-state index in [1.807, 2.05) is 0 Å². The fraction of sp³-hybridized carbons (Fsp3) is 0.435. The summed E-state index contributed by atoms with van der Waals surface area (Å²) in [5, 5.41) is 13.9. The Labute approximate surface area is 199 Å². The molecule has 0 aromatic heterocycles. The molecular formula is C23H30N4O6S. The lowest BCUT2D eigenvalue weighted by atomic mass is 10.0. The molecular weight excluding hydrogens is 460 g/mol. The molecule has 1 unspecified atom stereocenters. The van der Waals surface area contributed by atoms with E-state index in [1.165, 1.54) is 42.5 Å². The molecule has 1 atom stereocenters. The Balaban J connectivity index is 1.62. The number of carbonyl (C=O) groups excluding carboxylic acids is 1. The minimum absolute atomic E-state index is 0.217. The number of amides is 1. The van der Waals surface area contributed by atoms with Crippen LogP contribution in [0.4, 0.5) is 11.4 Å². The Morgan fingerprint density at radius 2 is 1.82 bits per heavy atom. The lowest BCUT2D eigenvalue weighted by molar-refractivity contribution is -0.385. The van der Waals surface area contributed by atoms with E-state index < -0.39 is 14.9 Å². The minimum Gasteiger partial charge on any atom is -0.379 e. The van der Waals surface area contributed by atoms with Crippen molar-refractivity contribution in [1.29, 1.82) is 0 Å². The van der Waals surface area contributed by atoms with E-state index >= 15 is 0 Å². The van der Waals surface area contributed by atoms with E-state index in [4.69, 9.17) is 4.74 Å². The summed E-state index contributed by atoms with van der Waals surface area (Å²) in [6.07, 6.45) is 0.957. The average Bonchev–Trinajstić information content (AvgIpc) is 2.82. The summed E-state index contributed by atoms with van der Waals surface area (Å²) < 4.78 is 33.0. The number of rotatable bonds is 10. The number of nitro benzene ring substituents is 1. The van der Waals surface area contributed by atoms with Crippen LogP contribution < -0.4 is 10.0 Å². The molecule has 1 amide bonds. The fourth-order valence-corrected chi connectivity index (χ4v) is 4.93. The van der Waals surface area contributed by atoms with Crippen molar-refractivity contribution in [3.05, 3.63) is 64.2 Å². The lowest BCUT2D eigenvalue weighted by Crippen LogP contribution is -2.49. The van der Waals surface area contributed by atoms with Crippen molar-refractivity contribution in [2.24, 2.45) is 5.92 Å². The minimum atomic E-state index is -4.02. The van der Waals surface area contributed by atoms with Gasteiger partial charge in [0.25, 0.3) is 21.6 Å². The van der Waals surface area contributed by atoms with Crippen LogP contribution in [0.5, 0.6) is 0 Å². The first-order valence-corrected chi connectivity index (χ1v) is 12.6. The standard InChI is InChI=1S/C23H30N4O6S/c1-17(2)14-21(26-10-12-33-13-11-26)16-24-23(28)18-6-8-19(9-7-18)25-34(31,32)22-5-3-4-20(15-22)27(29)30/h3-9,15,17,21,25H,10-14,16H2,1-2H3,(H,24,28). The summed E-state index contributed by atoms with van der Waals surface area (Å²) in [5.74, 6) is 0.248. The van der Waals surface area contributed by atoms with Gasteiger partial charge in [0.05, 0.1) is 23.0 Å². The van der Waals surface area contributed by atoms with Crippen LogP contribution in [0.3, 0.4) is 0 Å². The van der Waals surface area contributed by atoms with Gasteiger partial charge in [0.1, 0.15) is 0 Å². The molecule has 2 aromatic carbocycles. The molecule has 2 N–H and O–H groups in total. The van der Waals surface area contributed by atoms with Crippen LogP contribution in [0.25, 0.3) is 0 Å². The Kier molecular flexibility index (Phi) is 8.59. The first-order chi connectivity index (χ1) is 16.2. The van der Waals surface area contributed by atoms with Crippen molar-refractivity contribution in [3.63, 3.8) is 0 Å². The van der Waals surface area contributed by atoms with Gasteiger partial charge in [0.15, 0.2) is 0 Å². The number of benzene rings is 2. The Morgan fingerprint density at radius 3 is 2.44 bits per heavy atom. The highest BCUT2D eigenvalue weighted by molar-refractivity contribution is 7.92. The second kappa shape index (κ2) is 11.4. The second-order valence-corrected chi connectivity index (χ2v) is 10.3. The highest BCUT2D eigenvalue weighted by Crippen LogP contribution is 2.21. The number of hydrogen-bond donors (Lipinski definition) is 2. The van der Waals surface area contributed by atoms with Gasteiger partial charge in [-0.3, -0.25) is 24.5 Å². The monoisotopic (exact) mass is 490 g/mol. The molecule has 1 aliphatic heterocycles. The quantitative estimate of drug-likeness (QED) is 0.387. The maximum absolute atomic E-state index is 12.7. The molecule has 10 nitrogen and oxygen atoms in total. The zero-order chi connectivity index (χ0) is 24.7. The van der Waals surface area contributed by atoms with Crippen LogP contribution in [-0.2, 0) is 14.8 Å². The fourth-order valence-electron chi connectivity index (χ4n) is 3.83. The van der Waals surface area contributed by atoms with E-state index in [1.54, 1.807) is 0 Å². The van der Waals surface area contributed by atoms with Gasteiger partial charge in [-0.25, -0.2) is 8.42 Å². The predicted octanol–water partition coefficient (Wildman–Crippen LogP) is 2.87. The zero-order valence-electron chi connectivity index (χ0n) is 19.3. The number of non-ortho nitro benzene ring substituents is 1. The molecule has 0 saturated carbocycles. The van der Waals surface area contributed by atoms with Crippen molar-refractivity contribution in [2.75, 3.05) is 37.6 Å². The molecule has 1 aliphatic rings. The van der Waals surface area contributed by atoms with E-state index in [-0.39, 0.29) is 28.2 Å². The number of nitrogens with zero attached hydrogens (tertiary/aromatic N) is 2. The Hall–Kier alpha value is -3.02. The number of nitrogens with one attached hydrogen (secondary N) is 2. The molecule has 0 radical (unpaired) electrons. The number of morpholine rings is 1. The smallest absolute Gasteiger partial charge is 0.270 e. The molecule has 1 saturated heterocycles. The summed E-state index contributed by atoms with van der Waals surface area (Å²) in [6.45, 7) is 7.88. The first-order valence-electron chi connectivity index (χ1n) is 11.1. The molecule has 0 aliphatic carbocycles. The van der Waals surface area contributed by atoms with Crippen LogP contribution in [0.2, 0.25) is 0 Å². The second-order valence-electron chi connectivity index (χ2n) is 8.58. The Morgan fingerprint density at radius 1 is 1.15 bits per heavy atom. The van der Waals surface area contributed by atoms with Gasteiger partial charge in [-0.2, -0.15) is 0 Å². The molecule has 2 aromatic rings. The normalized spacial score (nSPS) is 15.6. The molecule has 3 rings (SSSR count). The van der Waals surface area contributed by atoms with Crippen LogP contribution >= 0.6 is 0 Å². The SMILES string of the molecule is CC(C)CC(CNC(=O)c1ccc(NS(=O)(=O)c2cccc([N+](=O)[O-])c2)cc1)N1CCOCC1. The number of sulfonamides is 1. The van der Waals surface area contributed by atoms with E-state index in [0.717, 1.165) is 25.6 Å². The van der Waals surface area contributed by atoms with Crippen molar-refractivity contribution in [2.45, 2.75) is 31.2 Å². The summed E-state index contributed by atoms with van der Waals surface area (Å²) >= 11 is 0. The van der Waals surface area contributed by atoms with Crippen molar-refractivity contribution in [1.82, 2.24) is 10.2 Å². The van der Waals surface area contributed by atoms with Gasteiger partial charge in [-0.05, 0) is 42.7 Å². The van der Waals surface area contributed by atoms with Gasteiger partial charge in [-0.1, -0.05) is 19.9 Å². The van der Waals surface area contributed by atoms with Gasteiger partial charge in [0, 0.05) is 49.1 Å². The summed E-state index contributed by atoms with van der Waals surface area (Å²) in [7, 11) is -4.02. The van der Waals surface area contributed by atoms with Gasteiger partial charge < -0.3 is 10.1 Å². The van der Waals surface area contributed by atoms with Crippen LogP contribution in [0, 0.1) is 16.0 Å². The van der Waals surface area contributed by atoms with Gasteiger partial charge in [0.2, 0.25) is 0 Å². The number of hydrogen-bond acceptors (Lipinski definition) is 7. The maximum Gasteiger partial charge on any atom is 0.270 e. The molecule has 11 heteroatoms. The third kappa shape index (κ3) is 6.99. The van der Waals surface area contributed by atoms with Crippen molar-refractivity contribution in [3.8, 4) is 0 Å². The van der Waals surface area contributed by atoms with Crippen LogP contribution in [0.1, 0.15) is 30.6 Å².